The molecule has 0 fully saturated rings. The van der Waals surface area contributed by atoms with Crippen LogP contribution in [0.1, 0.15) is 51.0 Å². The van der Waals surface area contributed by atoms with Gasteiger partial charge in [0.1, 0.15) is 0 Å². The van der Waals surface area contributed by atoms with Crippen LogP contribution in [0.25, 0.3) is 11.2 Å². The number of aliphatic carboxylic acids is 1. The number of nitrogens with one attached hydrogen (secondary N) is 2. The Morgan fingerprint density at radius 1 is 1.37 bits per heavy atom. The van der Waals surface area contributed by atoms with E-state index in [1.165, 1.54) is 6.33 Å². The lowest BCUT2D eigenvalue weighted by Gasteiger charge is -2.25. The molecule has 2 aromatic rings. The molecule has 1 unspecified atom stereocenters. The Balaban J connectivity index is 2.25. The van der Waals surface area contributed by atoms with E-state index in [0.717, 1.165) is 6.42 Å². The van der Waals surface area contributed by atoms with Gasteiger partial charge in [-0.3, -0.25) is 9.79 Å². The van der Waals surface area contributed by atoms with E-state index in [4.69, 9.17) is 21.9 Å². The molecule has 0 aliphatic carbocycles. The van der Waals surface area contributed by atoms with Crippen molar-refractivity contribution in [2.75, 3.05) is 6.54 Å². The van der Waals surface area contributed by atoms with Crippen molar-refractivity contribution in [2.24, 2.45) is 22.2 Å². The molecule has 30 heavy (non-hydrogen) atoms. The van der Waals surface area contributed by atoms with Crippen LogP contribution in [0.2, 0.25) is 0 Å². The molecule has 2 atom stereocenters. The van der Waals surface area contributed by atoms with E-state index in [1.54, 1.807) is 0 Å². The topological polar surface area (TPSA) is 228 Å². The van der Waals surface area contributed by atoms with Gasteiger partial charge in [-0.05, 0) is 25.7 Å². The van der Waals surface area contributed by atoms with Gasteiger partial charge in [-0.25, -0.2) is 19.6 Å². The highest BCUT2D eigenvalue weighted by atomic mass is 16.5. The van der Waals surface area contributed by atoms with E-state index >= 15 is 0 Å². The van der Waals surface area contributed by atoms with Gasteiger partial charge in [-0.1, -0.05) is 13.3 Å². The maximum absolute atomic E-state index is 12.7. The molecule has 0 amide bonds. The predicted octanol–water partition coefficient (Wildman–Crippen LogP) is -0.744. The Bertz CT molecular complexity index is 980. The predicted molar refractivity (Wildman–Crippen MR) is 107 cm³/mol. The monoisotopic (exact) mass is 422 g/mol. The number of guanidine groups is 1. The van der Waals surface area contributed by atoms with E-state index in [2.05, 4.69) is 24.9 Å². The highest BCUT2D eigenvalue weighted by Gasteiger charge is 2.44. The fourth-order valence-corrected chi connectivity index (χ4v) is 2.75. The van der Waals surface area contributed by atoms with Gasteiger partial charge in [0.15, 0.2) is 29.1 Å². The van der Waals surface area contributed by atoms with Crippen LogP contribution in [-0.2, 0) is 14.3 Å². The zero-order chi connectivity index (χ0) is 22.3. The second kappa shape index (κ2) is 9.82. The maximum Gasteiger partial charge on any atom is 0.338 e. The van der Waals surface area contributed by atoms with Gasteiger partial charge in [0.2, 0.25) is 5.54 Å². The van der Waals surface area contributed by atoms with Gasteiger partial charge in [0, 0.05) is 6.54 Å². The largest absolute Gasteiger partial charge is 0.479 e. The molecule has 164 valence electrons. The number of H-pyrrole nitrogens is 2. The minimum Gasteiger partial charge on any atom is -0.479 e. The number of fused-ring (bicyclic) bond motifs is 1. The number of nitrogens with two attached hydrogens (primary N) is 3. The normalized spacial score (nSPS) is 14.1. The number of carboxylic acid groups (broad SMARTS) is 1. The molecule has 0 aromatic carbocycles. The van der Waals surface area contributed by atoms with Crippen molar-refractivity contribution in [3.8, 4) is 0 Å². The number of hydrogen-bond acceptors (Lipinski definition) is 8. The number of nitrogens with zero attached hydrogens (tertiary/aromatic N) is 3. The third-order valence-electron chi connectivity index (χ3n) is 4.46. The first-order valence-electron chi connectivity index (χ1n) is 9.41. The summed E-state index contributed by atoms with van der Waals surface area (Å²) in [6.07, 6.45) is 1.93. The summed E-state index contributed by atoms with van der Waals surface area (Å²) in [7, 11) is 0. The Morgan fingerprint density at radius 3 is 2.73 bits per heavy atom. The van der Waals surface area contributed by atoms with Crippen molar-refractivity contribution in [1.29, 1.82) is 0 Å². The number of ether oxygens (including phenoxy) is 1. The Morgan fingerprint density at radius 2 is 2.10 bits per heavy atom. The van der Waals surface area contributed by atoms with E-state index in [1.807, 2.05) is 6.92 Å². The van der Waals surface area contributed by atoms with Gasteiger partial charge >= 0.3 is 11.9 Å². The van der Waals surface area contributed by atoms with Gasteiger partial charge < -0.3 is 37.0 Å². The highest BCUT2D eigenvalue weighted by molar-refractivity contribution is 6.03. The summed E-state index contributed by atoms with van der Waals surface area (Å²) in [5.41, 5.74) is 13.9. The van der Waals surface area contributed by atoms with Crippen molar-refractivity contribution >= 4 is 29.1 Å². The van der Waals surface area contributed by atoms with Gasteiger partial charge in [-0.15, -0.1) is 0 Å². The number of rotatable bonds is 11. The summed E-state index contributed by atoms with van der Waals surface area (Å²) in [5.74, 6) is -2.78. The van der Waals surface area contributed by atoms with Crippen LogP contribution in [0, 0.1) is 0 Å². The number of aliphatic imine (C=N–C) groups is 1. The molecule has 9 N–H and O–H groups in total. The lowest BCUT2D eigenvalue weighted by atomic mass is 9.94. The number of hydrogen-bond donors (Lipinski definition) is 6. The molecule has 2 aromatic heterocycles. The van der Waals surface area contributed by atoms with Crippen LogP contribution in [0.3, 0.4) is 0 Å². The summed E-state index contributed by atoms with van der Waals surface area (Å²) in [4.78, 5) is 53.8. The lowest BCUT2D eigenvalue weighted by Crippen LogP contribution is -2.56. The highest BCUT2D eigenvalue weighted by Crippen LogP contribution is 2.24. The summed E-state index contributed by atoms with van der Waals surface area (Å²) in [6.45, 7) is 2.03. The number of aromatic nitrogens is 4. The first-order chi connectivity index (χ1) is 14.2. The van der Waals surface area contributed by atoms with E-state index in [9.17, 15) is 19.5 Å². The standard InChI is InChI=1S/C17H26N8O5/c1-2-3-5-9(11-24-12-10(13(26)25-11)22-8-23-12)30-15(29)17(20,14(27)28)6-4-7-21-16(18)19/h8-9H,2-7,20H2,1H3,(H,27,28)(H4,18,19,21)(H2,22,23,24,25,26)/t9?,17-/m1/s1. The molecule has 2 heterocycles. The summed E-state index contributed by atoms with van der Waals surface area (Å²) in [6, 6.07) is 0. The van der Waals surface area contributed by atoms with Crippen LogP contribution >= 0.6 is 0 Å². The first kappa shape index (κ1) is 22.8. The minimum atomic E-state index is -2.31. The Kier molecular flexibility index (Phi) is 7.47. The number of carbonyl (C=O) groups is 2. The number of imidazole rings is 1. The minimum absolute atomic E-state index is 0.0645. The summed E-state index contributed by atoms with van der Waals surface area (Å²) < 4.78 is 5.42. The molecule has 0 saturated heterocycles. The van der Waals surface area contributed by atoms with Gasteiger partial charge in [0.05, 0.1) is 6.33 Å². The number of esters is 1. The van der Waals surface area contributed by atoms with Gasteiger partial charge in [0.25, 0.3) is 5.56 Å². The molecule has 2 rings (SSSR count). The van der Waals surface area contributed by atoms with Crippen LogP contribution < -0.4 is 22.8 Å². The maximum atomic E-state index is 12.7. The van der Waals surface area contributed by atoms with Crippen LogP contribution in [0.15, 0.2) is 16.1 Å². The Labute approximate surface area is 171 Å². The number of carboxylic acids is 1. The average Bonchev–Trinajstić information content (AvgIpc) is 3.17. The fourth-order valence-electron chi connectivity index (χ4n) is 2.75. The third-order valence-corrected chi connectivity index (χ3v) is 4.46. The molecular formula is C17H26N8O5. The molecule has 0 saturated carbocycles. The Hall–Kier alpha value is -3.48. The quantitative estimate of drug-likeness (QED) is 0.0872. The number of carbonyl (C=O) groups excluding carboxylic acids is 1. The molecule has 0 aliphatic rings. The van der Waals surface area contributed by atoms with E-state index < -0.39 is 29.1 Å². The number of unbranched alkanes of at least 4 members (excludes halogenated alkanes) is 1. The van der Waals surface area contributed by atoms with Crippen molar-refractivity contribution in [3.05, 3.63) is 22.5 Å². The SMILES string of the molecule is CCCCC(OC(=O)[C@@](N)(CCCN=C(N)N)C(=O)O)c1nc2nc[nH]c2c(=O)[nH]1. The van der Waals surface area contributed by atoms with Crippen LogP contribution in [-0.4, -0.2) is 55.0 Å². The van der Waals surface area contributed by atoms with Crippen molar-refractivity contribution in [1.82, 2.24) is 19.9 Å². The first-order valence-corrected chi connectivity index (χ1v) is 9.41. The third kappa shape index (κ3) is 5.31. The fraction of sp³-hybridized carbons (Fsp3) is 0.529. The smallest absolute Gasteiger partial charge is 0.338 e. The molecule has 0 bridgehead atoms. The molecule has 13 nitrogen and oxygen atoms in total. The van der Waals surface area contributed by atoms with Crippen LogP contribution in [0.4, 0.5) is 0 Å². The zero-order valence-electron chi connectivity index (χ0n) is 16.6. The van der Waals surface area contributed by atoms with E-state index in [0.29, 0.717) is 12.8 Å². The second-order valence-corrected chi connectivity index (χ2v) is 6.78. The molecule has 0 spiro atoms. The average molecular weight is 422 g/mol. The van der Waals surface area contributed by atoms with Crippen molar-refractivity contribution < 1.29 is 19.4 Å². The summed E-state index contributed by atoms with van der Waals surface area (Å²) >= 11 is 0. The second-order valence-electron chi connectivity index (χ2n) is 6.78. The van der Waals surface area contributed by atoms with Crippen molar-refractivity contribution in [3.63, 3.8) is 0 Å². The molecular weight excluding hydrogens is 396 g/mol. The molecule has 0 aliphatic heterocycles. The molecule has 0 radical (unpaired) electrons. The van der Waals surface area contributed by atoms with Gasteiger partial charge in [-0.2, -0.15) is 0 Å². The zero-order valence-corrected chi connectivity index (χ0v) is 16.6. The van der Waals surface area contributed by atoms with Crippen molar-refractivity contribution in [2.45, 2.75) is 50.7 Å². The van der Waals surface area contributed by atoms with Crippen LogP contribution in [0.5, 0.6) is 0 Å². The lowest BCUT2D eigenvalue weighted by molar-refractivity contribution is -0.166. The number of aromatic amines is 2. The summed E-state index contributed by atoms with van der Waals surface area (Å²) in [5, 5.41) is 9.53. The molecule has 13 heteroatoms. The van der Waals surface area contributed by atoms with E-state index in [-0.39, 0.29) is 42.3 Å².